The van der Waals surface area contributed by atoms with Crippen LogP contribution in [0.3, 0.4) is 0 Å². The van der Waals surface area contributed by atoms with E-state index in [1.165, 1.54) is 19.4 Å². The Hall–Kier alpha value is -3.96. The Morgan fingerprint density at radius 1 is 1.22 bits per heavy atom. The van der Waals surface area contributed by atoms with Crippen LogP contribution in [-0.2, 0) is 16.9 Å². The van der Waals surface area contributed by atoms with E-state index in [1.807, 2.05) is 4.57 Å². The lowest BCUT2D eigenvalue weighted by molar-refractivity contribution is 0.0248. The number of hydrogen-bond donors (Lipinski definition) is 2. The van der Waals surface area contributed by atoms with Crippen molar-refractivity contribution in [2.24, 2.45) is 22.6 Å². The quantitative estimate of drug-likeness (QED) is 0.207. The molecule has 1 saturated carbocycles. The van der Waals surface area contributed by atoms with Crippen molar-refractivity contribution in [3.8, 4) is 11.3 Å². The van der Waals surface area contributed by atoms with Gasteiger partial charge in [-0.3, -0.25) is 4.98 Å². The van der Waals surface area contributed by atoms with Gasteiger partial charge in [0.1, 0.15) is 22.9 Å². The van der Waals surface area contributed by atoms with Gasteiger partial charge in [-0.1, -0.05) is 49.6 Å². The molecule has 1 fully saturated rings. The zero-order chi connectivity index (χ0) is 29.3. The summed E-state index contributed by atoms with van der Waals surface area (Å²) in [6.45, 7) is 4.59. The molecule has 1 atom stereocenters. The Balaban J connectivity index is 1.83. The van der Waals surface area contributed by atoms with E-state index in [9.17, 15) is 9.90 Å². The summed E-state index contributed by atoms with van der Waals surface area (Å²) in [7, 11) is 1.51. The Morgan fingerprint density at radius 2 is 1.95 bits per heavy atom. The third kappa shape index (κ3) is 5.64. The summed E-state index contributed by atoms with van der Waals surface area (Å²) in [5.74, 6) is 0.455. The molecule has 1 amide bonds. The smallest absolute Gasteiger partial charge is 0.433 e. The van der Waals surface area contributed by atoms with Crippen LogP contribution in [0.25, 0.3) is 22.4 Å². The number of amides is 1. The van der Waals surface area contributed by atoms with Gasteiger partial charge in [-0.05, 0) is 43.7 Å². The van der Waals surface area contributed by atoms with Gasteiger partial charge in [0.2, 0.25) is 0 Å². The number of halogens is 2. The highest BCUT2D eigenvalue weighted by Crippen LogP contribution is 2.39. The van der Waals surface area contributed by atoms with Crippen molar-refractivity contribution < 1.29 is 19.0 Å². The van der Waals surface area contributed by atoms with Gasteiger partial charge in [0.15, 0.2) is 22.9 Å². The Bertz CT molecular complexity index is 1630. The number of nitrogens with two attached hydrogens (primary N) is 1. The Morgan fingerprint density at radius 3 is 2.61 bits per heavy atom. The van der Waals surface area contributed by atoms with Crippen LogP contribution in [0.5, 0.6) is 0 Å². The number of aromatic nitrogens is 5. The maximum Gasteiger partial charge on any atom is 0.433 e. The molecule has 0 spiro atoms. The van der Waals surface area contributed by atoms with Gasteiger partial charge in [-0.2, -0.15) is 4.99 Å². The molecule has 4 aromatic rings. The van der Waals surface area contributed by atoms with Gasteiger partial charge >= 0.3 is 6.09 Å². The van der Waals surface area contributed by atoms with Crippen LogP contribution in [0.1, 0.15) is 56.7 Å². The van der Waals surface area contributed by atoms with Gasteiger partial charge in [-0.25, -0.2) is 24.1 Å². The number of carboxylic acid groups (broad SMARTS) is 1. The molecule has 41 heavy (non-hydrogen) atoms. The van der Waals surface area contributed by atoms with Crippen molar-refractivity contribution in [2.45, 2.75) is 51.7 Å². The second-order valence-corrected chi connectivity index (χ2v) is 11.1. The number of imidazole rings is 1. The molecule has 0 saturated heterocycles. The lowest BCUT2D eigenvalue weighted by Gasteiger charge is -2.32. The third-order valence-electron chi connectivity index (χ3n) is 7.83. The Labute approximate surface area is 241 Å². The van der Waals surface area contributed by atoms with E-state index in [0.717, 1.165) is 25.7 Å². The molecule has 3 heterocycles. The van der Waals surface area contributed by atoms with Gasteiger partial charge in [0.25, 0.3) is 0 Å². The monoisotopic (exact) mass is 579 g/mol. The zero-order valence-electron chi connectivity index (χ0n) is 23.0. The minimum absolute atomic E-state index is 0.123. The number of nitrogens with zero attached hydrogens (tertiary/aromatic N) is 6. The van der Waals surface area contributed by atoms with E-state index < -0.39 is 23.3 Å². The van der Waals surface area contributed by atoms with E-state index in [0.29, 0.717) is 51.6 Å². The lowest BCUT2D eigenvalue weighted by atomic mass is 9.83. The van der Waals surface area contributed by atoms with Crippen LogP contribution in [0.15, 0.2) is 47.7 Å². The molecule has 0 aliphatic heterocycles. The Kier molecular flexibility index (Phi) is 8.01. The molecule has 1 unspecified atom stereocenters. The SMILES string of the molecule is COC(C)(c1ccccc1F)c1nc2nc(/C(N)=N/C(=O)O)nc(-c3cncc(Cl)c3)c2n1CC1CCC(C)CC1. The molecular formula is C29H31ClFN7O3. The van der Waals surface area contributed by atoms with Crippen LogP contribution in [-0.4, -0.2) is 48.6 Å². The largest absolute Gasteiger partial charge is 0.463 e. The number of benzene rings is 1. The summed E-state index contributed by atoms with van der Waals surface area (Å²) in [5, 5.41) is 9.58. The van der Waals surface area contributed by atoms with Crippen LogP contribution >= 0.6 is 11.6 Å². The first-order chi connectivity index (χ1) is 19.6. The predicted molar refractivity (Wildman–Crippen MR) is 153 cm³/mol. The molecular weight excluding hydrogens is 549 g/mol. The number of rotatable bonds is 7. The summed E-state index contributed by atoms with van der Waals surface area (Å²) < 4.78 is 23.3. The summed E-state index contributed by atoms with van der Waals surface area (Å²) >= 11 is 6.31. The van der Waals surface area contributed by atoms with Crippen molar-refractivity contribution in [1.29, 1.82) is 0 Å². The minimum Gasteiger partial charge on any atom is -0.463 e. The normalized spacial score (nSPS) is 19.3. The topological polar surface area (TPSA) is 141 Å². The summed E-state index contributed by atoms with van der Waals surface area (Å²) in [4.78, 5) is 33.0. The highest BCUT2D eigenvalue weighted by atomic mass is 35.5. The molecule has 3 aromatic heterocycles. The number of methoxy groups -OCH3 is 1. The van der Waals surface area contributed by atoms with E-state index in [2.05, 4.69) is 26.9 Å². The van der Waals surface area contributed by atoms with Crippen LogP contribution < -0.4 is 5.73 Å². The minimum atomic E-state index is -1.48. The molecule has 214 valence electrons. The van der Waals surface area contributed by atoms with Crippen molar-refractivity contribution in [2.75, 3.05) is 7.11 Å². The molecule has 0 radical (unpaired) electrons. The second-order valence-electron chi connectivity index (χ2n) is 10.6. The van der Waals surface area contributed by atoms with Gasteiger partial charge in [-0.15, -0.1) is 0 Å². The first-order valence-electron chi connectivity index (χ1n) is 13.4. The molecule has 1 aliphatic rings. The van der Waals surface area contributed by atoms with E-state index in [1.54, 1.807) is 37.4 Å². The van der Waals surface area contributed by atoms with Gasteiger partial charge in [0.05, 0.1) is 5.02 Å². The van der Waals surface area contributed by atoms with Crippen LogP contribution in [0.4, 0.5) is 9.18 Å². The van der Waals surface area contributed by atoms with Crippen molar-refractivity contribution in [3.63, 3.8) is 0 Å². The number of fused-ring (bicyclic) bond motifs is 1. The average Bonchev–Trinajstić information content (AvgIpc) is 3.32. The maximum atomic E-state index is 15.3. The number of aliphatic imine (C=N–C) groups is 1. The summed E-state index contributed by atoms with van der Waals surface area (Å²) in [6.07, 6.45) is 5.86. The molecule has 0 bridgehead atoms. The lowest BCUT2D eigenvalue weighted by Crippen LogP contribution is -2.32. The van der Waals surface area contributed by atoms with Crippen molar-refractivity contribution in [1.82, 2.24) is 24.5 Å². The van der Waals surface area contributed by atoms with Crippen molar-refractivity contribution in [3.05, 3.63) is 70.8 Å². The first kappa shape index (κ1) is 28.6. The van der Waals surface area contributed by atoms with Crippen LogP contribution in [0.2, 0.25) is 5.02 Å². The first-order valence-corrected chi connectivity index (χ1v) is 13.8. The molecule has 10 nitrogen and oxygen atoms in total. The van der Waals surface area contributed by atoms with E-state index >= 15 is 4.39 Å². The molecule has 3 N–H and O–H groups in total. The molecule has 5 rings (SSSR count). The van der Waals surface area contributed by atoms with E-state index in [-0.39, 0.29) is 11.5 Å². The van der Waals surface area contributed by atoms with Crippen LogP contribution in [0, 0.1) is 17.7 Å². The fourth-order valence-corrected chi connectivity index (χ4v) is 5.70. The zero-order valence-corrected chi connectivity index (χ0v) is 23.8. The fourth-order valence-electron chi connectivity index (χ4n) is 5.53. The van der Waals surface area contributed by atoms with E-state index in [4.69, 9.17) is 27.1 Å². The van der Waals surface area contributed by atoms with Gasteiger partial charge < -0.3 is 20.1 Å². The standard InChI is InChI=1S/C29H31ClFN7O3/c1-16-8-10-17(11-9-16)15-38-23-22(18-12-19(30)14-33-13-18)34-26(24(32)35-28(39)40)36-25(23)37-27(38)29(2,41-3)20-6-4-5-7-21(20)31/h4-7,12-14,16-17H,8-11,15H2,1-3H3,(H2,32,35)(H,39,40). The fraction of sp³-hybridized carbons (Fsp3) is 0.379. The highest BCUT2D eigenvalue weighted by molar-refractivity contribution is 6.30. The number of pyridine rings is 1. The summed E-state index contributed by atoms with van der Waals surface area (Å²) in [5.41, 5.74) is 6.70. The maximum absolute atomic E-state index is 15.3. The van der Waals surface area contributed by atoms with Crippen molar-refractivity contribution >= 4 is 34.7 Å². The number of ether oxygens (including phenoxy) is 1. The number of amidine groups is 1. The average molecular weight is 580 g/mol. The highest BCUT2D eigenvalue weighted by Gasteiger charge is 2.39. The number of hydrogen-bond acceptors (Lipinski definition) is 6. The summed E-state index contributed by atoms with van der Waals surface area (Å²) in [6, 6.07) is 8.10. The second kappa shape index (κ2) is 11.5. The number of carbonyl (C=O) groups is 1. The van der Waals surface area contributed by atoms with Gasteiger partial charge in [0, 0.05) is 37.2 Å². The molecule has 12 heteroatoms. The molecule has 1 aromatic carbocycles. The molecule has 1 aliphatic carbocycles. The predicted octanol–water partition coefficient (Wildman–Crippen LogP) is 5.80. The third-order valence-corrected chi connectivity index (χ3v) is 8.03.